The minimum absolute atomic E-state index is 0.0229. The third kappa shape index (κ3) is 4.56. The van der Waals surface area contributed by atoms with Gasteiger partial charge in [0.05, 0.1) is 0 Å². The lowest BCUT2D eigenvalue weighted by Gasteiger charge is -2.07. The van der Waals surface area contributed by atoms with Gasteiger partial charge in [-0.3, -0.25) is 4.79 Å². The number of alkyl halides is 4. The van der Waals surface area contributed by atoms with Crippen molar-refractivity contribution in [2.75, 3.05) is 12.4 Å². The zero-order chi connectivity index (χ0) is 12.9. The lowest BCUT2D eigenvalue weighted by Crippen LogP contribution is -2.27. The summed E-state index contributed by atoms with van der Waals surface area (Å²) >= 11 is 5.23. The predicted molar refractivity (Wildman–Crippen MR) is 54.5 cm³/mol. The molecule has 1 amide bonds. The molecule has 0 atom stereocenters. The van der Waals surface area contributed by atoms with E-state index in [1.54, 1.807) is 0 Å². The normalized spacial score (nSPS) is 11.3. The van der Waals surface area contributed by atoms with Crippen LogP contribution in [0.3, 0.4) is 0 Å². The van der Waals surface area contributed by atoms with Crippen LogP contribution in [0, 0.1) is 0 Å². The number of carbonyl (C=O) groups excluding carboxylic acids is 1. The molecule has 94 valence electrons. The number of amides is 1. The maximum Gasteiger partial charge on any atom is 0.433 e. The van der Waals surface area contributed by atoms with Crippen LogP contribution in [0.15, 0.2) is 12.3 Å². The van der Waals surface area contributed by atoms with Crippen molar-refractivity contribution >= 4 is 17.5 Å². The fourth-order valence-electron chi connectivity index (χ4n) is 1.04. The van der Waals surface area contributed by atoms with E-state index < -0.39 is 17.8 Å². The second-order valence-corrected chi connectivity index (χ2v) is 3.36. The predicted octanol–water partition coefficient (Wildman–Crippen LogP) is 1.39. The summed E-state index contributed by atoms with van der Waals surface area (Å²) in [5.74, 6) is -0.558. The van der Waals surface area contributed by atoms with Crippen LogP contribution < -0.4 is 5.32 Å². The minimum Gasteiger partial charge on any atom is -0.355 e. The Bertz CT molecular complexity index is 397. The molecule has 0 radical (unpaired) electrons. The number of rotatable bonds is 4. The first-order valence-corrected chi connectivity index (χ1v) is 5.18. The summed E-state index contributed by atoms with van der Waals surface area (Å²) in [7, 11) is 0. The van der Waals surface area contributed by atoms with Crippen LogP contribution in [0.1, 0.15) is 11.5 Å². The average Bonchev–Trinajstić information content (AvgIpc) is 2.28. The minimum atomic E-state index is -4.49. The van der Waals surface area contributed by atoms with Gasteiger partial charge in [0.15, 0.2) is 0 Å². The summed E-state index contributed by atoms with van der Waals surface area (Å²) in [6, 6.07) is 0.793. The molecule has 1 rings (SSSR count). The molecule has 0 bridgehead atoms. The molecular weight excluding hydrogens is 259 g/mol. The van der Waals surface area contributed by atoms with E-state index in [-0.39, 0.29) is 24.7 Å². The first kappa shape index (κ1) is 13.7. The molecule has 1 aromatic heterocycles. The Morgan fingerprint density at radius 2 is 2.18 bits per heavy atom. The molecule has 0 unspecified atom stereocenters. The van der Waals surface area contributed by atoms with Gasteiger partial charge in [0.2, 0.25) is 5.91 Å². The van der Waals surface area contributed by atoms with E-state index in [2.05, 4.69) is 15.3 Å². The van der Waals surface area contributed by atoms with Crippen LogP contribution >= 0.6 is 11.6 Å². The number of hydrogen-bond acceptors (Lipinski definition) is 3. The largest absolute Gasteiger partial charge is 0.433 e. The van der Waals surface area contributed by atoms with Gasteiger partial charge in [-0.25, -0.2) is 9.97 Å². The Morgan fingerprint density at radius 3 is 2.76 bits per heavy atom. The van der Waals surface area contributed by atoms with Crippen molar-refractivity contribution < 1.29 is 18.0 Å². The number of halogens is 4. The van der Waals surface area contributed by atoms with Crippen molar-refractivity contribution in [3.8, 4) is 0 Å². The highest BCUT2D eigenvalue weighted by molar-refractivity contribution is 6.27. The number of hydrogen-bond donors (Lipinski definition) is 1. The SMILES string of the molecule is O=C(CCl)NCCc1nccc(C(F)(F)F)n1. The summed E-state index contributed by atoms with van der Waals surface area (Å²) in [5.41, 5.74) is -0.994. The van der Waals surface area contributed by atoms with Crippen molar-refractivity contribution in [1.29, 1.82) is 0 Å². The van der Waals surface area contributed by atoms with Crippen molar-refractivity contribution in [3.63, 3.8) is 0 Å². The standard InChI is InChI=1S/C9H9ClF3N3O/c10-5-8(17)15-4-2-7-14-3-1-6(16-7)9(11,12)13/h1,3H,2,4-5H2,(H,15,17). The Hall–Kier alpha value is -1.37. The van der Waals surface area contributed by atoms with Crippen LogP contribution in [0.25, 0.3) is 0 Å². The summed E-state index contributed by atoms with van der Waals surface area (Å²) in [4.78, 5) is 17.8. The smallest absolute Gasteiger partial charge is 0.355 e. The summed E-state index contributed by atoms with van der Waals surface area (Å²) in [6.07, 6.45) is -3.34. The monoisotopic (exact) mass is 267 g/mol. The fraction of sp³-hybridized carbons (Fsp3) is 0.444. The number of aromatic nitrogens is 2. The fourth-order valence-corrected chi connectivity index (χ4v) is 1.13. The maximum atomic E-state index is 12.3. The van der Waals surface area contributed by atoms with Gasteiger partial charge in [0, 0.05) is 19.2 Å². The topological polar surface area (TPSA) is 54.9 Å². The first-order chi connectivity index (χ1) is 7.93. The van der Waals surface area contributed by atoms with Gasteiger partial charge in [0.1, 0.15) is 17.4 Å². The summed E-state index contributed by atoms with van der Waals surface area (Å²) < 4.78 is 36.9. The van der Waals surface area contributed by atoms with Gasteiger partial charge in [-0.2, -0.15) is 13.2 Å². The molecule has 1 aromatic rings. The molecule has 0 aromatic carbocycles. The molecular formula is C9H9ClF3N3O. The lowest BCUT2D eigenvalue weighted by molar-refractivity contribution is -0.141. The van der Waals surface area contributed by atoms with E-state index in [0.29, 0.717) is 0 Å². The van der Waals surface area contributed by atoms with Crippen LogP contribution in [-0.2, 0) is 17.4 Å². The van der Waals surface area contributed by atoms with Crippen molar-refractivity contribution in [2.45, 2.75) is 12.6 Å². The molecule has 4 nitrogen and oxygen atoms in total. The van der Waals surface area contributed by atoms with E-state index in [9.17, 15) is 18.0 Å². The quantitative estimate of drug-likeness (QED) is 0.839. The molecule has 0 aliphatic rings. The summed E-state index contributed by atoms with van der Waals surface area (Å²) in [6.45, 7) is 0.146. The molecule has 0 spiro atoms. The molecule has 17 heavy (non-hydrogen) atoms. The molecule has 8 heteroatoms. The zero-order valence-corrected chi connectivity index (χ0v) is 9.35. The Balaban J connectivity index is 2.58. The van der Waals surface area contributed by atoms with Crippen LogP contribution in [0.2, 0.25) is 0 Å². The molecule has 1 N–H and O–H groups in total. The van der Waals surface area contributed by atoms with E-state index in [1.807, 2.05) is 0 Å². The highest BCUT2D eigenvalue weighted by Gasteiger charge is 2.32. The highest BCUT2D eigenvalue weighted by atomic mass is 35.5. The Labute approximate surface area is 100 Å². The van der Waals surface area contributed by atoms with E-state index in [4.69, 9.17) is 11.6 Å². The van der Waals surface area contributed by atoms with E-state index in [1.165, 1.54) is 0 Å². The third-order valence-electron chi connectivity index (χ3n) is 1.79. The van der Waals surface area contributed by atoms with Crippen LogP contribution in [0.5, 0.6) is 0 Å². The maximum absolute atomic E-state index is 12.3. The molecule has 0 aliphatic heterocycles. The van der Waals surface area contributed by atoms with Crippen LogP contribution in [-0.4, -0.2) is 28.3 Å². The molecule has 0 fully saturated rings. The zero-order valence-electron chi connectivity index (χ0n) is 8.59. The van der Waals surface area contributed by atoms with Gasteiger partial charge >= 0.3 is 6.18 Å². The molecule has 0 aliphatic carbocycles. The first-order valence-electron chi connectivity index (χ1n) is 4.65. The Kier molecular flexibility index (Phi) is 4.68. The molecule has 1 heterocycles. The summed E-state index contributed by atoms with van der Waals surface area (Å²) in [5, 5.41) is 2.41. The van der Waals surface area contributed by atoms with E-state index in [0.717, 1.165) is 12.3 Å². The van der Waals surface area contributed by atoms with Gasteiger partial charge in [-0.05, 0) is 6.07 Å². The van der Waals surface area contributed by atoms with Crippen molar-refractivity contribution in [1.82, 2.24) is 15.3 Å². The highest BCUT2D eigenvalue weighted by Crippen LogP contribution is 2.26. The van der Waals surface area contributed by atoms with Gasteiger partial charge in [-0.15, -0.1) is 11.6 Å². The van der Waals surface area contributed by atoms with E-state index >= 15 is 0 Å². The average molecular weight is 268 g/mol. The van der Waals surface area contributed by atoms with Gasteiger partial charge in [-0.1, -0.05) is 0 Å². The van der Waals surface area contributed by atoms with Crippen LogP contribution in [0.4, 0.5) is 13.2 Å². The number of nitrogens with zero attached hydrogens (tertiary/aromatic N) is 2. The van der Waals surface area contributed by atoms with Gasteiger partial charge in [0.25, 0.3) is 0 Å². The number of carbonyl (C=O) groups is 1. The third-order valence-corrected chi connectivity index (χ3v) is 2.03. The van der Waals surface area contributed by atoms with Crippen molar-refractivity contribution in [3.05, 3.63) is 23.8 Å². The van der Waals surface area contributed by atoms with Gasteiger partial charge < -0.3 is 5.32 Å². The lowest BCUT2D eigenvalue weighted by atomic mass is 10.3. The molecule has 0 saturated carbocycles. The Morgan fingerprint density at radius 1 is 1.47 bits per heavy atom. The molecule has 0 saturated heterocycles. The number of nitrogens with one attached hydrogen (secondary N) is 1. The van der Waals surface area contributed by atoms with Crippen molar-refractivity contribution in [2.24, 2.45) is 0 Å². The second kappa shape index (κ2) is 5.81. The second-order valence-electron chi connectivity index (χ2n) is 3.09.